The summed E-state index contributed by atoms with van der Waals surface area (Å²) in [6.45, 7) is 10.4. The van der Waals surface area contributed by atoms with Gasteiger partial charge in [-0.1, -0.05) is 53.9 Å². The van der Waals surface area contributed by atoms with Crippen molar-refractivity contribution < 1.29 is 9.90 Å². The average molecular weight is 214 g/mol. The summed E-state index contributed by atoms with van der Waals surface area (Å²) >= 11 is 0. The van der Waals surface area contributed by atoms with Crippen molar-refractivity contribution in [1.82, 2.24) is 0 Å². The summed E-state index contributed by atoms with van der Waals surface area (Å²) in [5, 5.41) is 9.12. The molecule has 0 bridgehead atoms. The van der Waals surface area contributed by atoms with Gasteiger partial charge in [-0.15, -0.1) is 0 Å². The smallest absolute Gasteiger partial charge is 0.307 e. The summed E-state index contributed by atoms with van der Waals surface area (Å²) in [5.41, 5.74) is -0.121. The maximum absolute atomic E-state index is 11.1. The molecule has 0 spiro atoms. The maximum atomic E-state index is 11.1. The molecule has 1 N–H and O–H groups in total. The molecule has 0 saturated carbocycles. The lowest BCUT2D eigenvalue weighted by Crippen LogP contribution is -2.28. The minimum atomic E-state index is -0.646. The van der Waals surface area contributed by atoms with Gasteiger partial charge >= 0.3 is 5.97 Å². The molecule has 0 heterocycles. The first-order valence-corrected chi connectivity index (χ1v) is 5.98. The van der Waals surface area contributed by atoms with Crippen molar-refractivity contribution in [1.29, 1.82) is 0 Å². The fourth-order valence-electron chi connectivity index (χ4n) is 1.83. The number of rotatable bonds is 6. The van der Waals surface area contributed by atoms with Gasteiger partial charge in [-0.05, 0) is 17.8 Å². The third-order valence-electron chi connectivity index (χ3n) is 2.87. The van der Waals surface area contributed by atoms with Crippen molar-refractivity contribution in [2.24, 2.45) is 17.3 Å². The van der Waals surface area contributed by atoms with Crippen molar-refractivity contribution in [2.45, 2.75) is 60.3 Å². The quantitative estimate of drug-likeness (QED) is 0.680. The molecular weight excluding hydrogens is 188 g/mol. The first-order valence-electron chi connectivity index (χ1n) is 5.98. The van der Waals surface area contributed by atoms with Gasteiger partial charge in [0.2, 0.25) is 0 Å². The van der Waals surface area contributed by atoms with E-state index in [1.165, 1.54) is 6.42 Å². The van der Waals surface area contributed by atoms with Crippen LogP contribution in [-0.4, -0.2) is 11.1 Å². The van der Waals surface area contributed by atoms with E-state index in [9.17, 15) is 4.79 Å². The molecule has 2 nitrogen and oxygen atoms in total. The van der Waals surface area contributed by atoms with E-state index in [-0.39, 0.29) is 11.3 Å². The van der Waals surface area contributed by atoms with Gasteiger partial charge in [0.05, 0.1) is 5.92 Å². The molecule has 0 fully saturated rings. The summed E-state index contributed by atoms with van der Waals surface area (Å²) in [6.07, 6.45) is 4.20. The Morgan fingerprint density at radius 2 is 1.60 bits per heavy atom. The molecule has 1 atom stereocenters. The highest BCUT2D eigenvalue weighted by atomic mass is 16.4. The number of carboxylic acids is 1. The van der Waals surface area contributed by atoms with Crippen LogP contribution < -0.4 is 0 Å². The van der Waals surface area contributed by atoms with E-state index >= 15 is 0 Å². The summed E-state index contributed by atoms with van der Waals surface area (Å²) < 4.78 is 0. The number of carbonyl (C=O) groups is 1. The Balaban J connectivity index is 3.94. The molecule has 0 aromatic carbocycles. The van der Waals surface area contributed by atoms with E-state index in [2.05, 4.69) is 13.8 Å². The first kappa shape index (κ1) is 14.5. The molecule has 0 aliphatic rings. The number of carboxylic acid groups (broad SMARTS) is 1. The molecule has 0 amide bonds. The largest absolute Gasteiger partial charge is 0.481 e. The minimum Gasteiger partial charge on any atom is -0.481 e. The van der Waals surface area contributed by atoms with E-state index < -0.39 is 5.97 Å². The van der Waals surface area contributed by atoms with Crippen LogP contribution in [0.2, 0.25) is 0 Å². The Morgan fingerprint density at radius 3 is 1.93 bits per heavy atom. The van der Waals surface area contributed by atoms with Gasteiger partial charge in [0.15, 0.2) is 0 Å². The van der Waals surface area contributed by atoms with Crippen LogP contribution in [-0.2, 0) is 4.79 Å². The fraction of sp³-hybridized carbons (Fsp3) is 0.923. The molecule has 0 aliphatic carbocycles. The molecule has 0 aromatic rings. The van der Waals surface area contributed by atoms with Crippen LogP contribution in [0.15, 0.2) is 0 Å². The highest BCUT2D eigenvalue weighted by molar-refractivity contribution is 5.70. The number of aliphatic carboxylic acids is 1. The molecular formula is C13H26O2. The summed E-state index contributed by atoms with van der Waals surface area (Å²) in [5.74, 6) is -0.125. The van der Waals surface area contributed by atoms with Crippen LogP contribution in [0.3, 0.4) is 0 Å². The van der Waals surface area contributed by atoms with Crippen molar-refractivity contribution in [3.8, 4) is 0 Å². The van der Waals surface area contributed by atoms with Crippen molar-refractivity contribution in [2.75, 3.05) is 0 Å². The predicted molar refractivity (Wildman–Crippen MR) is 63.9 cm³/mol. The molecule has 0 radical (unpaired) electrons. The van der Waals surface area contributed by atoms with Crippen LogP contribution in [0.25, 0.3) is 0 Å². The number of hydrogen-bond donors (Lipinski definition) is 1. The van der Waals surface area contributed by atoms with E-state index in [4.69, 9.17) is 5.11 Å². The zero-order valence-corrected chi connectivity index (χ0v) is 10.8. The Labute approximate surface area is 94.1 Å². The standard InChI is InChI=1S/C13H26O2/c1-10(2)8-6-7-9-11(12(14)15)13(3,4)5/h10-11H,6-9H2,1-5H3,(H,14,15). The SMILES string of the molecule is CC(C)CCCCC(C(=O)O)C(C)(C)C. The Bertz CT molecular complexity index is 189. The molecule has 0 rings (SSSR count). The monoisotopic (exact) mass is 214 g/mol. The van der Waals surface area contributed by atoms with Gasteiger partial charge in [-0.25, -0.2) is 0 Å². The van der Waals surface area contributed by atoms with Crippen LogP contribution in [0.1, 0.15) is 60.3 Å². The van der Waals surface area contributed by atoms with Crippen molar-refractivity contribution >= 4 is 5.97 Å². The lowest BCUT2D eigenvalue weighted by Gasteiger charge is -2.27. The predicted octanol–water partition coefficient (Wildman–Crippen LogP) is 3.95. The van der Waals surface area contributed by atoms with E-state index in [0.717, 1.165) is 25.2 Å². The van der Waals surface area contributed by atoms with Gasteiger partial charge in [0, 0.05) is 0 Å². The van der Waals surface area contributed by atoms with Gasteiger partial charge < -0.3 is 5.11 Å². The van der Waals surface area contributed by atoms with Crippen LogP contribution >= 0.6 is 0 Å². The van der Waals surface area contributed by atoms with Crippen LogP contribution in [0.4, 0.5) is 0 Å². The minimum absolute atomic E-state index is 0.121. The topological polar surface area (TPSA) is 37.3 Å². The Morgan fingerprint density at radius 1 is 1.13 bits per heavy atom. The van der Waals surface area contributed by atoms with Gasteiger partial charge in [0.1, 0.15) is 0 Å². The Hall–Kier alpha value is -0.530. The summed E-state index contributed by atoms with van der Waals surface area (Å²) in [4.78, 5) is 11.1. The van der Waals surface area contributed by atoms with Gasteiger partial charge in [-0.3, -0.25) is 4.79 Å². The second kappa shape index (κ2) is 6.14. The highest BCUT2D eigenvalue weighted by Crippen LogP contribution is 2.30. The number of unbranched alkanes of at least 4 members (excludes halogenated alkanes) is 1. The third kappa shape index (κ3) is 6.53. The second-order valence-electron chi connectivity index (χ2n) is 5.94. The third-order valence-corrected chi connectivity index (χ3v) is 2.87. The van der Waals surface area contributed by atoms with Crippen molar-refractivity contribution in [3.63, 3.8) is 0 Å². The molecule has 2 heteroatoms. The van der Waals surface area contributed by atoms with Gasteiger partial charge in [0.25, 0.3) is 0 Å². The van der Waals surface area contributed by atoms with E-state index in [0.29, 0.717) is 0 Å². The van der Waals surface area contributed by atoms with Crippen molar-refractivity contribution in [3.05, 3.63) is 0 Å². The average Bonchev–Trinajstić information content (AvgIpc) is 1.99. The molecule has 15 heavy (non-hydrogen) atoms. The highest BCUT2D eigenvalue weighted by Gasteiger charge is 2.30. The fourth-order valence-corrected chi connectivity index (χ4v) is 1.83. The first-order chi connectivity index (χ1) is 6.75. The number of hydrogen-bond acceptors (Lipinski definition) is 1. The van der Waals surface area contributed by atoms with E-state index in [1.807, 2.05) is 20.8 Å². The molecule has 1 unspecified atom stereocenters. The molecule has 0 aliphatic heterocycles. The summed E-state index contributed by atoms with van der Waals surface area (Å²) in [7, 11) is 0. The normalized spacial score (nSPS) is 14.3. The molecule has 90 valence electrons. The van der Waals surface area contributed by atoms with Gasteiger partial charge in [-0.2, -0.15) is 0 Å². The van der Waals surface area contributed by atoms with Crippen LogP contribution in [0, 0.1) is 17.3 Å². The Kier molecular flexibility index (Phi) is 5.92. The summed E-state index contributed by atoms with van der Waals surface area (Å²) in [6, 6.07) is 0. The lowest BCUT2D eigenvalue weighted by atomic mass is 9.78. The zero-order valence-electron chi connectivity index (χ0n) is 10.8. The molecule has 0 saturated heterocycles. The lowest BCUT2D eigenvalue weighted by molar-refractivity contribution is -0.145. The zero-order chi connectivity index (χ0) is 12.1. The van der Waals surface area contributed by atoms with E-state index in [1.54, 1.807) is 0 Å². The van der Waals surface area contributed by atoms with Crippen LogP contribution in [0.5, 0.6) is 0 Å². The molecule has 0 aromatic heterocycles. The maximum Gasteiger partial charge on any atom is 0.307 e. The second-order valence-corrected chi connectivity index (χ2v) is 5.94.